The van der Waals surface area contributed by atoms with Crippen LogP contribution in [0.4, 0.5) is 0 Å². The number of aromatic nitrogens is 2. The lowest BCUT2D eigenvalue weighted by atomic mass is 10.2. The summed E-state index contributed by atoms with van der Waals surface area (Å²) in [6.45, 7) is 5.35. The standard InChI is InChI=1S/C18H23N3O2/c1-12(2)21-14-8-6-5-7-13(14)17-15(21)11-16(20(17)3)18(22)19-9-10-23-4/h5-8,11-12H,9-10H2,1-4H3,(H,19,22). The molecule has 0 atom stereocenters. The third-order valence-corrected chi connectivity index (χ3v) is 4.23. The van der Waals surface area contributed by atoms with Crippen LogP contribution in [0, 0.1) is 0 Å². The summed E-state index contributed by atoms with van der Waals surface area (Å²) in [4.78, 5) is 12.4. The molecule has 1 amide bonds. The fraction of sp³-hybridized carbons (Fsp3) is 0.389. The zero-order chi connectivity index (χ0) is 16.6. The summed E-state index contributed by atoms with van der Waals surface area (Å²) >= 11 is 0. The number of hydrogen-bond acceptors (Lipinski definition) is 2. The van der Waals surface area contributed by atoms with Gasteiger partial charge in [0.15, 0.2) is 0 Å². The van der Waals surface area contributed by atoms with Crippen LogP contribution in [0.5, 0.6) is 0 Å². The largest absolute Gasteiger partial charge is 0.383 e. The summed E-state index contributed by atoms with van der Waals surface area (Å²) in [7, 11) is 3.57. The van der Waals surface area contributed by atoms with Gasteiger partial charge in [-0.3, -0.25) is 4.79 Å². The Morgan fingerprint density at radius 2 is 2.00 bits per heavy atom. The van der Waals surface area contributed by atoms with E-state index in [1.165, 1.54) is 10.9 Å². The van der Waals surface area contributed by atoms with E-state index >= 15 is 0 Å². The van der Waals surface area contributed by atoms with Gasteiger partial charge in [0, 0.05) is 32.1 Å². The van der Waals surface area contributed by atoms with E-state index in [-0.39, 0.29) is 5.91 Å². The minimum Gasteiger partial charge on any atom is -0.383 e. The molecule has 0 aliphatic carbocycles. The number of ether oxygens (including phenoxy) is 1. The molecule has 3 aromatic rings. The number of benzene rings is 1. The van der Waals surface area contributed by atoms with Gasteiger partial charge in [-0.25, -0.2) is 0 Å². The fourth-order valence-corrected chi connectivity index (χ4v) is 3.23. The van der Waals surface area contributed by atoms with Crippen molar-refractivity contribution in [1.29, 1.82) is 0 Å². The number of para-hydroxylation sites is 1. The van der Waals surface area contributed by atoms with Crippen molar-refractivity contribution in [3.63, 3.8) is 0 Å². The Balaban J connectivity index is 2.15. The van der Waals surface area contributed by atoms with Gasteiger partial charge in [0.05, 0.1) is 23.2 Å². The predicted molar refractivity (Wildman–Crippen MR) is 93.0 cm³/mol. The molecule has 0 aliphatic heterocycles. The van der Waals surface area contributed by atoms with Crippen LogP contribution >= 0.6 is 0 Å². The molecule has 0 fully saturated rings. The highest BCUT2D eigenvalue weighted by molar-refractivity contribution is 6.10. The Morgan fingerprint density at radius 1 is 1.26 bits per heavy atom. The number of carbonyl (C=O) groups excluding carboxylic acids is 1. The molecule has 2 heterocycles. The molecular weight excluding hydrogens is 290 g/mol. The molecule has 2 aromatic heterocycles. The molecule has 0 radical (unpaired) electrons. The Hall–Kier alpha value is -2.27. The summed E-state index contributed by atoms with van der Waals surface area (Å²) in [5.74, 6) is -0.0693. The van der Waals surface area contributed by atoms with Gasteiger partial charge in [-0.2, -0.15) is 0 Å². The van der Waals surface area contributed by atoms with Gasteiger partial charge in [-0.05, 0) is 26.0 Å². The van der Waals surface area contributed by atoms with Gasteiger partial charge in [-0.15, -0.1) is 0 Å². The summed E-state index contributed by atoms with van der Waals surface area (Å²) in [6.07, 6.45) is 0. The van der Waals surface area contributed by atoms with Crippen LogP contribution < -0.4 is 5.32 Å². The predicted octanol–water partition coefficient (Wildman–Crippen LogP) is 3.09. The Kier molecular flexibility index (Phi) is 4.13. The molecule has 0 saturated carbocycles. The fourth-order valence-electron chi connectivity index (χ4n) is 3.23. The highest BCUT2D eigenvalue weighted by Gasteiger charge is 2.20. The quantitative estimate of drug-likeness (QED) is 0.736. The SMILES string of the molecule is COCCNC(=O)c1cc2c(c3ccccc3n2C(C)C)n1C. The topological polar surface area (TPSA) is 48.2 Å². The second kappa shape index (κ2) is 6.08. The first-order valence-electron chi connectivity index (χ1n) is 7.91. The van der Waals surface area contributed by atoms with E-state index in [1.807, 2.05) is 23.7 Å². The molecule has 122 valence electrons. The van der Waals surface area contributed by atoms with Gasteiger partial charge >= 0.3 is 0 Å². The first kappa shape index (κ1) is 15.6. The molecule has 5 nitrogen and oxygen atoms in total. The van der Waals surface area contributed by atoms with Crippen molar-refractivity contribution in [1.82, 2.24) is 14.5 Å². The summed E-state index contributed by atoms with van der Waals surface area (Å²) in [6, 6.07) is 10.6. The lowest BCUT2D eigenvalue weighted by molar-refractivity contribution is 0.0929. The van der Waals surface area contributed by atoms with Gasteiger partial charge in [0.1, 0.15) is 5.69 Å². The lowest BCUT2D eigenvalue weighted by Crippen LogP contribution is -2.28. The van der Waals surface area contributed by atoms with E-state index in [9.17, 15) is 4.79 Å². The number of rotatable bonds is 5. The number of nitrogens with one attached hydrogen (secondary N) is 1. The number of fused-ring (bicyclic) bond motifs is 3. The highest BCUT2D eigenvalue weighted by atomic mass is 16.5. The van der Waals surface area contributed by atoms with Crippen LogP contribution in [0.2, 0.25) is 0 Å². The number of hydrogen-bond donors (Lipinski definition) is 1. The third-order valence-electron chi connectivity index (χ3n) is 4.23. The molecule has 0 bridgehead atoms. The second-order valence-electron chi connectivity index (χ2n) is 6.05. The van der Waals surface area contributed by atoms with Gasteiger partial charge in [0.2, 0.25) is 0 Å². The zero-order valence-corrected chi connectivity index (χ0v) is 14.1. The van der Waals surface area contributed by atoms with Crippen molar-refractivity contribution in [3.8, 4) is 0 Å². The summed E-state index contributed by atoms with van der Waals surface area (Å²) < 4.78 is 9.26. The lowest BCUT2D eigenvalue weighted by Gasteiger charge is -2.10. The molecule has 5 heteroatoms. The normalized spacial score (nSPS) is 11.7. The minimum atomic E-state index is -0.0693. The van der Waals surface area contributed by atoms with Crippen molar-refractivity contribution in [2.45, 2.75) is 19.9 Å². The molecule has 1 aromatic carbocycles. The first-order valence-corrected chi connectivity index (χ1v) is 7.91. The monoisotopic (exact) mass is 313 g/mol. The Bertz CT molecular complexity index is 858. The summed E-state index contributed by atoms with van der Waals surface area (Å²) in [5, 5.41) is 4.07. The van der Waals surface area contributed by atoms with Gasteiger partial charge in [0.25, 0.3) is 5.91 Å². The second-order valence-corrected chi connectivity index (χ2v) is 6.05. The molecular formula is C18H23N3O2. The van der Waals surface area contributed by atoms with E-state index in [1.54, 1.807) is 7.11 Å². The molecule has 0 saturated heterocycles. The first-order chi connectivity index (χ1) is 11.1. The van der Waals surface area contributed by atoms with Crippen molar-refractivity contribution in [2.75, 3.05) is 20.3 Å². The molecule has 0 spiro atoms. The smallest absolute Gasteiger partial charge is 0.268 e. The van der Waals surface area contributed by atoms with E-state index in [4.69, 9.17) is 4.74 Å². The minimum absolute atomic E-state index is 0.0693. The van der Waals surface area contributed by atoms with Crippen LogP contribution in [0.3, 0.4) is 0 Å². The molecule has 3 rings (SSSR count). The average Bonchev–Trinajstić information content (AvgIpc) is 3.02. The maximum atomic E-state index is 12.4. The van der Waals surface area contributed by atoms with Crippen LogP contribution in [0.1, 0.15) is 30.4 Å². The highest BCUT2D eigenvalue weighted by Crippen LogP contribution is 2.33. The maximum absolute atomic E-state index is 12.4. The summed E-state index contributed by atoms with van der Waals surface area (Å²) in [5.41, 5.74) is 4.08. The number of amides is 1. The van der Waals surface area contributed by atoms with Crippen molar-refractivity contribution in [2.24, 2.45) is 7.05 Å². The molecule has 0 unspecified atom stereocenters. The molecule has 1 N–H and O–H groups in total. The number of aryl methyl sites for hydroxylation is 1. The average molecular weight is 313 g/mol. The maximum Gasteiger partial charge on any atom is 0.268 e. The van der Waals surface area contributed by atoms with E-state index < -0.39 is 0 Å². The van der Waals surface area contributed by atoms with Crippen LogP contribution in [0.15, 0.2) is 30.3 Å². The number of nitrogens with zero attached hydrogens (tertiary/aromatic N) is 2. The zero-order valence-electron chi connectivity index (χ0n) is 14.1. The third kappa shape index (κ3) is 2.51. The van der Waals surface area contributed by atoms with Crippen molar-refractivity contribution in [3.05, 3.63) is 36.0 Å². The van der Waals surface area contributed by atoms with Crippen molar-refractivity contribution >= 4 is 27.8 Å². The van der Waals surface area contributed by atoms with Crippen LogP contribution in [0.25, 0.3) is 21.9 Å². The molecule has 23 heavy (non-hydrogen) atoms. The van der Waals surface area contributed by atoms with Crippen LogP contribution in [-0.4, -0.2) is 35.3 Å². The van der Waals surface area contributed by atoms with Crippen LogP contribution in [-0.2, 0) is 11.8 Å². The number of carbonyl (C=O) groups is 1. The van der Waals surface area contributed by atoms with E-state index in [2.05, 4.69) is 41.9 Å². The van der Waals surface area contributed by atoms with E-state index in [0.29, 0.717) is 24.9 Å². The van der Waals surface area contributed by atoms with E-state index in [0.717, 1.165) is 11.0 Å². The number of methoxy groups -OCH3 is 1. The van der Waals surface area contributed by atoms with Gasteiger partial charge in [-0.1, -0.05) is 18.2 Å². The van der Waals surface area contributed by atoms with Crippen molar-refractivity contribution < 1.29 is 9.53 Å². The Morgan fingerprint density at radius 3 is 2.70 bits per heavy atom. The Labute approximate surface area is 135 Å². The molecule has 0 aliphatic rings. The van der Waals surface area contributed by atoms with Gasteiger partial charge < -0.3 is 19.2 Å².